The Labute approximate surface area is 195 Å². The standard InChI is InChI=1S/C26H28N2O3.ClH/c1-18-4-2-5-24-23(18)16-20(17-27-24)19-7-9-21(10-8-19)31-22-11-13-28(14-12-22)26(29)25-6-3-15-30-25;/h2,4-5,7-10,16-17,22,25H,3,6,11-15H2,1H3;1H/t25-;/m1./s1. The first-order chi connectivity index (χ1) is 15.2. The zero-order valence-corrected chi connectivity index (χ0v) is 19.1. The number of aryl methyl sites for hydroxylation is 1. The molecule has 0 radical (unpaired) electrons. The van der Waals surface area contributed by atoms with Gasteiger partial charge in [0.15, 0.2) is 0 Å². The Hall–Kier alpha value is -2.63. The van der Waals surface area contributed by atoms with Crippen LogP contribution in [0.4, 0.5) is 0 Å². The topological polar surface area (TPSA) is 51.7 Å². The van der Waals surface area contributed by atoms with E-state index in [4.69, 9.17) is 9.47 Å². The van der Waals surface area contributed by atoms with Crippen molar-refractivity contribution in [1.82, 2.24) is 9.88 Å². The van der Waals surface area contributed by atoms with Crippen LogP contribution in [0.1, 0.15) is 31.2 Å². The summed E-state index contributed by atoms with van der Waals surface area (Å²) in [6.07, 6.45) is 5.40. The van der Waals surface area contributed by atoms with Crippen molar-refractivity contribution in [3.05, 3.63) is 60.3 Å². The smallest absolute Gasteiger partial charge is 0.251 e. The van der Waals surface area contributed by atoms with E-state index in [0.29, 0.717) is 6.61 Å². The van der Waals surface area contributed by atoms with Gasteiger partial charge in [-0.15, -0.1) is 12.4 Å². The average molecular weight is 453 g/mol. The van der Waals surface area contributed by atoms with E-state index >= 15 is 0 Å². The van der Waals surface area contributed by atoms with Crippen LogP contribution >= 0.6 is 12.4 Å². The molecule has 3 heterocycles. The molecule has 2 aromatic carbocycles. The van der Waals surface area contributed by atoms with Crippen molar-refractivity contribution in [2.45, 2.75) is 44.8 Å². The summed E-state index contributed by atoms with van der Waals surface area (Å²) in [4.78, 5) is 19.0. The van der Waals surface area contributed by atoms with Crippen molar-refractivity contribution in [1.29, 1.82) is 0 Å². The number of carbonyl (C=O) groups excluding carboxylic acids is 1. The molecular weight excluding hydrogens is 424 g/mol. The fourth-order valence-corrected chi connectivity index (χ4v) is 4.54. The van der Waals surface area contributed by atoms with Crippen molar-refractivity contribution in [2.24, 2.45) is 0 Å². The Balaban J connectivity index is 0.00000245. The minimum absolute atomic E-state index is 0. The quantitative estimate of drug-likeness (QED) is 0.547. The number of pyridine rings is 1. The van der Waals surface area contributed by atoms with Crippen LogP contribution in [0.15, 0.2) is 54.7 Å². The number of carbonyl (C=O) groups is 1. The first-order valence-corrected chi connectivity index (χ1v) is 11.2. The molecule has 6 heteroatoms. The first kappa shape index (κ1) is 22.6. The molecule has 2 aliphatic heterocycles. The molecule has 168 valence electrons. The Bertz CT molecular complexity index is 1070. The molecule has 3 aromatic rings. The van der Waals surface area contributed by atoms with Gasteiger partial charge in [-0.3, -0.25) is 9.78 Å². The van der Waals surface area contributed by atoms with E-state index in [2.05, 4.69) is 36.2 Å². The molecule has 1 atom stereocenters. The van der Waals surface area contributed by atoms with E-state index in [-0.39, 0.29) is 30.5 Å². The van der Waals surface area contributed by atoms with Gasteiger partial charge in [0.1, 0.15) is 18.0 Å². The highest BCUT2D eigenvalue weighted by Gasteiger charge is 2.31. The van der Waals surface area contributed by atoms with Gasteiger partial charge < -0.3 is 14.4 Å². The Kier molecular flexibility index (Phi) is 6.97. The molecule has 0 N–H and O–H groups in total. The fraction of sp³-hybridized carbons (Fsp3) is 0.385. The summed E-state index contributed by atoms with van der Waals surface area (Å²) >= 11 is 0. The lowest BCUT2D eigenvalue weighted by molar-refractivity contribution is -0.142. The maximum absolute atomic E-state index is 12.5. The van der Waals surface area contributed by atoms with Crippen LogP contribution in [0.5, 0.6) is 5.75 Å². The molecule has 0 unspecified atom stereocenters. The highest BCUT2D eigenvalue weighted by atomic mass is 35.5. The van der Waals surface area contributed by atoms with Crippen LogP contribution in [-0.4, -0.2) is 47.7 Å². The summed E-state index contributed by atoms with van der Waals surface area (Å²) in [7, 11) is 0. The van der Waals surface area contributed by atoms with E-state index in [9.17, 15) is 4.79 Å². The fourth-order valence-electron chi connectivity index (χ4n) is 4.54. The molecule has 2 saturated heterocycles. The predicted molar refractivity (Wildman–Crippen MR) is 128 cm³/mol. The average Bonchev–Trinajstić information content (AvgIpc) is 3.35. The van der Waals surface area contributed by atoms with Crippen LogP contribution < -0.4 is 4.74 Å². The molecule has 5 rings (SSSR count). The van der Waals surface area contributed by atoms with Crippen molar-refractivity contribution >= 4 is 29.2 Å². The number of hydrogen-bond acceptors (Lipinski definition) is 4. The van der Waals surface area contributed by atoms with Crippen LogP contribution in [0.3, 0.4) is 0 Å². The summed E-state index contributed by atoms with van der Waals surface area (Å²) in [6.45, 7) is 4.30. The summed E-state index contributed by atoms with van der Waals surface area (Å²) < 4.78 is 11.7. The van der Waals surface area contributed by atoms with Crippen LogP contribution in [-0.2, 0) is 9.53 Å². The Morgan fingerprint density at radius 1 is 1.06 bits per heavy atom. The molecule has 1 aromatic heterocycles. The summed E-state index contributed by atoms with van der Waals surface area (Å²) in [6, 6.07) is 16.6. The number of hydrogen-bond donors (Lipinski definition) is 0. The van der Waals surface area contributed by atoms with Gasteiger partial charge in [-0.05, 0) is 55.2 Å². The number of likely N-dealkylation sites (tertiary alicyclic amines) is 1. The third kappa shape index (κ3) is 4.74. The van der Waals surface area contributed by atoms with E-state index in [1.807, 2.05) is 35.4 Å². The third-order valence-electron chi connectivity index (χ3n) is 6.39. The van der Waals surface area contributed by atoms with Crippen molar-refractivity contribution in [2.75, 3.05) is 19.7 Å². The molecular formula is C26H29ClN2O3. The molecule has 0 saturated carbocycles. The van der Waals surface area contributed by atoms with E-state index in [1.54, 1.807) is 0 Å². The minimum atomic E-state index is -0.224. The largest absolute Gasteiger partial charge is 0.490 e. The normalized spacial score (nSPS) is 19.0. The number of rotatable bonds is 4. The van der Waals surface area contributed by atoms with Crippen molar-refractivity contribution < 1.29 is 14.3 Å². The number of amides is 1. The van der Waals surface area contributed by atoms with Crippen molar-refractivity contribution in [3.63, 3.8) is 0 Å². The van der Waals surface area contributed by atoms with Gasteiger partial charge in [0.25, 0.3) is 5.91 Å². The third-order valence-corrected chi connectivity index (χ3v) is 6.39. The lowest BCUT2D eigenvalue weighted by Gasteiger charge is -2.33. The molecule has 32 heavy (non-hydrogen) atoms. The van der Waals surface area contributed by atoms with Gasteiger partial charge in [0.05, 0.1) is 5.52 Å². The van der Waals surface area contributed by atoms with Gasteiger partial charge in [-0.1, -0.05) is 24.3 Å². The van der Waals surface area contributed by atoms with Gasteiger partial charge >= 0.3 is 0 Å². The van der Waals surface area contributed by atoms with Gasteiger partial charge in [-0.2, -0.15) is 0 Å². The number of fused-ring (bicyclic) bond motifs is 1. The van der Waals surface area contributed by atoms with E-state index in [0.717, 1.165) is 61.2 Å². The Morgan fingerprint density at radius 2 is 1.84 bits per heavy atom. The maximum atomic E-state index is 12.5. The number of benzene rings is 2. The summed E-state index contributed by atoms with van der Waals surface area (Å²) in [5, 5.41) is 1.18. The first-order valence-electron chi connectivity index (χ1n) is 11.2. The number of nitrogens with zero attached hydrogens (tertiary/aromatic N) is 2. The van der Waals surface area contributed by atoms with Crippen LogP contribution in [0.2, 0.25) is 0 Å². The number of ether oxygens (including phenoxy) is 2. The molecule has 0 spiro atoms. The number of piperidine rings is 1. The van der Waals surface area contributed by atoms with Gasteiger partial charge in [0.2, 0.25) is 0 Å². The maximum Gasteiger partial charge on any atom is 0.251 e. The second kappa shape index (κ2) is 9.88. The molecule has 2 aliphatic rings. The summed E-state index contributed by atoms with van der Waals surface area (Å²) in [5.41, 5.74) is 4.49. The highest BCUT2D eigenvalue weighted by molar-refractivity contribution is 5.86. The second-order valence-electron chi connectivity index (χ2n) is 8.53. The molecule has 0 aliphatic carbocycles. The summed E-state index contributed by atoms with van der Waals surface area (Å²) in [5.74, 6) is 1.03. The van der Waals surface area contributed by atoms with Gasteiger partial charge in [-0.25, -0.2) is 0 Å². The second-order valence-corrected chi connectivity index (χ2v) is 8.53. The Morgan fingerprint density at radius 3 is 2.56 bits per heavy atom. The zero-order valence-electron chi connectivity index (χ0n) is 18.3. The molecule has 1 amide bonds. The van der Waals surface area contributed by atoms with Crippen LogP contribution in [0.25, 0.3) is 22.0 Å². The van der Waals surface area contributed by atoms with E-state index in [1.165, 1.54) is 10.9 Å². The minimum Gasteiger partial charge on any atom is -0.490 e. The molecule has 0 bridgehead atoms. The van der Waals surface area contributed by atoms with E-state index < -0.39 is 0 Å². The molecule has 2 fully saturated rings. The highest BCUT2D eigenvalue weighted by Crippen LogP contribution is 2.27. The lowest BCUT2D eigenvalue weighted by atomic mass is 10.0. The van der Waals surface area contributed by atoms with Crippen LogP contribution in [0, 0.1) is 6.92 Å². The number of halogens is 1. The van der Waals surface area contributed by atoms with Crippen molar-refractivity contribution in [3.8, 4) is 16.9 Å². The number of aromatic nitrogens is 1. The zero-order chi connectivity index (χ0) is 21.2. The predicted octanol–water partition coefficient (Wildman–Crippen LogP) is 5.18. The lowest BCUT2D eigenvalue weighted by Crippen LogP contribution is -2.45. The van der Waals surface area contributed by atoms with Gasteiger partial charge in [0, 0.05) is 49.7 Å². The molecule has 5 nitrogen and oxygen atoms in total. The monoisotopic (exact) mass is 452 g/mol. The SMILES string of the molecule is Cc1cccc2ncc(-c3ccc(OC4CCN(C(=O)[C@H]5CCCO5)CC4)cc3)cc12.Cl.